The molecule has 0 unspecified atom stereocenters. The zero-order valence-corrected chi connectivity index (χ0v) is 6.11. The Morgan fingerprint density at radius 3 is 2.40 bits per heavy atom. The number of hydrogen-bond acceptors (Lipinski definition) is 3. The lowest BCUT2D eigenvalue weighted by molar-refractivity contribution is -0.220. The van der Waals surface area contributed by atoms with Gasteiger partial charge in [-0.25, -0.2) is 0 Å². The van der Waals surface area contributed by atoms with Gasteiger partial charge in [0.25, 0.3) is 0 Å². The summed E-state index contributed by atoms with van der Waals surface area (Å²) in [4.78, 5) is 10.0. The second-order valence-electron chi connectivity index (χ2n) is 1.67. The normalized spacial score (nSPS) is 8.80. The van der Waals surface area contributed by atoms with Crippen molar-refractivity contribution in [2.75, 3.05) is 0 Å². The van der Waals surface area contributed by atoms with Gasteiger partial charge in [0.1, 0.15) is 0 Å². The van der Waals surface area contributed by atoms with E-state index in [1.807, 2.05) is 0 Å². The molecule has 0 saturated heterocycles. The van der Waals surface area contributed by atoms with E-state index in [1.54, 1.807) is 30.3 Å². The van der Waals surface area contributed by atoms with Gasteiger partial charge in [0.15, 0.2) is 0 Å². The fraction of sp³-hybridized carbons (Fsp3) is 0. The first kappa shape index (κ1) is 6.95. The molecule has 0 spiro atoms. The highest BCUT2D eigenvalue weighted by atomic mass is 28.3. The summed E-state index contributed by atoms with van der Waals surface area (Å²) in [5.41, 5.74) is 0. The first-order valence-electron chi connectivity index (χ1n) is 2.73. The lowest BCUT2D eigenvalue weighted by Gasteiger charge is -2.05. The Morgan fingerprint density at radius 1 is 1.30 bits per heavy atom. The van der Waals surface area contributed by atoms with Crippen LogP contribution < -0.4 is 9.22 Å². The Hall–Kier alpha value is -1.16. The van der Waals surface area contributed by atoms with E-state index in [0.29, 0.717) is 5.75 Å². The highest BCUT2D eigenvalue weighted by Gasteiger charge is 1.87. The number of hydrogen-bond donors (Lipinski definition) is 0. The lowest BCUT2D eigenvalue weighted by Crippen LogP contribution is -2.26. The van der Waals surface area contributed by atoms with Crippen LogP contribution in [0.25, 0.3) is 0 Å². The van der Waals surface area contributed by atoms with Crippen molar-refractivity contribution < 1.29 is 13.7 Å². The zero-order chi connectivity index (χ0) is 7.40. The second kappa shape index (κ2) is 3.12. The van der Waals surface area contributed by atoms with Crippen LogP contribution in [-0.2, 0) is 4.46 Å². The molecule has 0 aromatic heterocycles. The molecule has 0 saturated carbocycles. The van der Waals surface area contributed by atoms with Gasteiger partial charge in [0.05, 0.1) is 0 Å². The van der Waals surface area contributed by atoms with Crippen LogP contribution in [0, 0.1) is 0 Å². The number of rotatable bonds is 2. The third kappa shape index (κ3) is 1.98. The van der Waals surface area contributed by atoms with Gasteiger partial charge in [0, 0.05) is 5.75 Å². The topological polar surface area (TPSA) is 49.4 Å². The number of para-hydroxylation sites is 1. The molecular weight excluding hydrogens is 148 g/mol. The summed E-state index contributed by atoms with van der Waals surface area (Å²) in [6.45, 7) is 0. The minimum Gasteiger partial charge on any atom is -0.554 e. The molecule has 0 amide bonds. The van der Waals surface area contributed by atoms with Crippen LogP contribution in [-0.4, -0.2) is 9.17 Å². The van der Waals surface area contributed by atoms with Gasteiger partial charge in [0.2, 0.25) is 0 Å². The standard InChI is InChI=1S/C6H5O3Si/c7-10(8)9-6-4-2-1-3-5-6/h1-5H/q-1. The van der Waals surface area contributed by atoms with Crippen molar-refractivity contribution in [3.05, 3.63) is 30.3 Å². The van der Waals surface area contributed by atoms with Crippen molar-refractivity contribution in [1.29, 1.82) is 0 Å². The second-order valence-corrected chi connectivity index (χ2v) is 2.37. The van der Waals surface area contributed by atoms with Crippen LogP contribution in [0.3, 0.4) is 0 Å². The van der Waals surface area contributed by atoms with Crippen molar-refractivity contribution in [2.24, 2.45) is 0 Å². The Kier molecular flexibility index (Phi) is 2.17. The minimum absolute atomic E-state index is 0.362. The fourth-order valence-electron chi connectivity index (χ4n) is 0.585. The molecule has 4 heteroatoms. The molecule has 3 nitrogen and oxygen atoms in total. The van der Waals surface area contributed by atoms with E-state index in [9.17, 15) is 9.26 Å². The van der Waals surface area contributed by atoms with E-state index in [1.165, 1.54) is 0 Å². The molecule has 0 N–H and O–H groups in total. The van der Waals surface area contributed by atoms with Gasteiger partial charge >= 0.3 is 9.17 Å². The molecule has 0 atom stereocenters. The van der Waals surface area contributed by atoms with Gasteiger partial charge < -0.3 is 13.7 Å². The van der Waals surface area contributed by atoms with Crippen LogP contribution in [0.4, 0.5) is 0 Å². The van der Waals surface area contributed by atoms with Crippen molar-refractivity contribution >= 4 is 9.17 Å². The SMILES string of the molecule is O=[Si]([O-])Oc1ccccc1. The monoisotopic (exact) mass is 153 g/mol. The predicted molar refractivity (Wildman–Crippen MR) is 33.5 cm³/mol. The maximum atomic E-state index is 10.0. The van der Waals surface area contributed by atoms with E-state index < -0.39 is 9.17 Å². The highest BCUT2D eigenvalue weighted by Crippen LogP contribution is 2.06. The van der Waals surface area contributed by atoms with E-state index in [-0.39, 0.29) is 0 Å². The molecule has 0 aliphatic carbocycles. The molecule has 0 radical (unpaired) electrons. The van der Waals surface area contributed by atoms with Gasteiger partial charge in [-0.2, -0.15) is 0 Å². The maximum absolute atomic E-state index is 10.0. The first-order valence-corrected chi connectivity index (χ1v) is 3.95. The first-order chi connectivity index (χ1) is 4.79. The van der Waals surface area contributed by atoms with Gasteiger partial charge in [-0.05, 0) is 12.1 Å². The lowest BCUT2D eigenvalue weighted by atomic mass is 10.3. The molecule has 1 aromatic rings. The Labute approximate surface area is 59.8 Å². The van der Waals surface area contributed by atoms with Crippen molar-refractivity contribution in [3.63, 3.8) is 0 Å². The van der Waals surface area contributed by atoms with E-state index in [0.717, 1.165) is 0 Å². The predicted octanol–water partition coefficient (Wildman–Crippen LogP) is -0.159. The van der Waals surface area contributed by atoms with Crippen LogP contribution in [0.1, 0.15) is 0 Å². The summed E-state index contributed by atoms with van der Waals surface area (Å²) in [6.07, 6.45) is 0. The van der Waals surface area contributed by atoms with Gasteiger partial charge in [-0.3, -0.25) is 0 Å². The molecule has 52 valence electrons. The third-order valence-electron chi connectivity index (χ3n) is 0.944. The molecule has 0 aliphatic heterocycles. The minimum atomic E-state index is -3.09. The summed E-state index contributed by atoms with van der Waals surface area (Å²) >= 11 is 0. The van der Waals surface area contributed by atoms with Crippen LogP contribution >= 0.6 is 0 Å². The zero-order valence-electron chi connectivity index (χ0n) is 5.11. The smallest absolute Gasteiger partial charge is 0.418 e. The van der Waals surface area contributed by atoms with Crippen LogP contribution in [0.15, 0.2) is 30.3 Å². The summed E-state index contributed by atoms with van der Waals surface area (Å²) < 4.78 is 14.4. The third-order valence-corrected chi connectivity index (χ3v) is 1.35. The van der Waals surface area contributed by atoms with Crippen molar-refractivity contribution in [2.45, 2.75) is 0 Å². The summed E-state index contributed by atoms with van der Waals surface area (Å²) in [5, 5.41) is 0. The molecule has 0 aliphatic rings. The molecule has 1 aromatic carbocycles. The Balaban J connectivity index is 2.67. The quantitative estimate of drug-likeness (QED) is 0.555. The summed E-state index contributed by atoms with van der Waals surface area (Å²) in [6, 6.07) is 8.37. The molecule has 0 bridgehead atoms. The summed E-state index contributed by atoms with van der Waals surface area (Å²) in [7, 11) is -3.09. The maximum Gasteiger partial charge on any atom is 0.418 e. The van der Waals surface area contributed by atoms with Crippen LogP contribution in [0.2, 0.25) is 0 Å². The van der Waals surface area contributed by atoms with Gasteiger partial charge in [-0.1, -0.05) is 18.2 Å². The van der Waals surface area contributed by atoms with E-state index in [4.69, 9.17) is 0 Å². The molecule has 1 rings (SSSR count). The Morgan fingerprint density at radius 2 is 1.90 bits per heavy atom. The molecular formula is C6H5O3Si-. The average Bonchev–Trinajstić information content (AvgIpc) is 1.88. The molecule has 10 heavy (non-hydrogen) atoms. The largest absolute Gasteiger partial charge is 0.554 e. The highest BCUT2D eigenvalue weighted by molar-refractivity contribution is 6.23. The van der Waals surface area contributed by atoms with Gasteiger partial charge in [-0.15, -0.1) is 0 Å². The summed E-state index contributed by atoms with van der Waals surface area (Å²) in [5.74, 6) is 0.362. The number of benzene rings is 1. The fourth-order valence-corrected chi connectivity index (χ4v) is 0.913. The van der Waals surface area contributed by atoms with Crippen molar-refractivity contribution in [1.82, 2.24) is 0 Å². The molecule has 0 fully saturated rings. The van der Waals surface area contributed by atoms with Crippen LogP contribution in [0.5, 0.6) is 5.75 Å². The molecule has 0 heterocycles. The van der Waals surface area contributed by atoms with E-state index in [2.05, 4.69) is 4.43 Å². The average molecular weight is 153 g/mol. The van der Waals surface area contributed by atoms with Crippen molar-refractivity contribution in [3.8, 4) is 5.75 Å². The van der Waals surface area contributed by atoms with E-state index >= 15 is 0 Å². The Bertz CT molecular complexity index is 222.